The molecule has 1 N–H and O–H groups in total. The predicted molar refractivity (Wildman–Crippen MR) is 108 cm³/mol. The largest absolute Gasteiger partial charge is 0.494 e. The molecule has 0 amide bonds. The summed E-state index contributed by atoms with van der Waals surface area (Å²) >= 11 is 0. The number of carboxylic acids is 1. The molecule has 8 heteroatoms. The Bertz CT molecular complexity index is 1180. The minimum absolute atomic E-state index is 0.0399. The van der Waals surface area contributed by atoms with Crippen LogP contribution in [-0.2, 0) is 21.2 Å². The summed E-state index contributed by atoms with van der Waals surface area (Å²) in [6.45, 7) is 3.71. The first-order valence-electron chi connectivity index (χ1n) is 9.09. The van der Waals surface area contributed by atoms with Gasteiger partial charge >= 0.3 is 5.97 Å². The molecule has 0 aliphatic heterocycles. The molecule has 0 unspecified atom stereocenters. The number of fused-ring (bicyclic) bond motifs is 1. The Hall–Kier alpha value is -3.13. The third-order valence-electron chi connectivity index (χ3n) is 4.56. The van der Waals surface area contributed by atoms with Crippen molar-refractivity contribution >= 4 is 32.7 Å². The smallest absolute Gasteiger partial charge is 0.303 e. The molecular weight excluding hydrogens is 394 g/mol. The number of carbonyl (C=O) groups is 2. The molecular formula is C21H21NO6S. The second kappa shape index (κ2) is 8.08. The SMILES string of the molecule is CCOc1ccc2c(c1)c(CCC(=O)O)cn2S(=O)(=O)c1ccc(C(C)=O)cc1. The maximum Gasteiger partial charge on any atom is 0.303 e. The van der Waals surface area contributed by atoms with E-state index in [1.165, 1.54) is 37.4 Å². The highest BCUT2D eigenvalue weighted by atomic mass is 32.2. The van der Waals surface area contributed by atoms with Crippen molar-refractivity contribution in [3.05, 3.63) is 59.8 Å². The van der Waals surface area contributed by atoms with E-state index >= 15 is 0 Å². The third-order valence-corrected chi connectivity index (χ3v) is 6.25. The Morgan fingerprint density at radius 2 is 1.79 bits per heavy atom. The molecule has 0 aliphatic carbocycles. The van der Waals surface area contributed by atoms with Gasteiger partial charge in [0.2, 0.25) is 0 Å². The molecule has 29 heavy (non-hydrogen) atoms. The van der Waals surface area contributed by atoms with Gasteiger partial charge in [0.05, 0.1) is 17.0 Å². The van der Waals surface area contributed by atoms with Crippen LogP contribution in [0.2, 0.25) is 0 Å². The van der Waals surface area contributed by atoms with Gasteiger partial charge in [-0.25, -0.2) is 12.4 Å². The predicted octanol–water partition coefficient (Wildman–Crippen LogP) is 3.50. The number of rotatable bonds is 8. The van der Waals surface area contributed by atoms with Gasteiger partial charge in [0.1, 0.15) is 5.75 Å². The topological polar surface area (TPSA) is 103 Å². The average Bonchev–Trinajstić information content (AvgIpc) is 3.05. The lowest BCUT2D eigenvalue weighted by Crippen LogP contribution is -2.12. The molecule has 3 rings (SSSR count). The summed E-state index contributed by atoms with van der Waals surface area (Å²) < 4.78 is 33.1. The van der Waals surface area contributed by atoms with Crippen LogP contribution in [0.1, 0.15) is 36.2 Å². The summed E-state index contributed by atoms with van der Waals surface area (Å²) in [5.41, 5.74) is 1.46. The molecule has 152 valence electrons. The molecule has 2 aromatic carbocycles. The highest BCUT2D eigenvalue weighted by molar-refractivity contribution is 7.90. The quantitative estimate of drug-likeness (QED) is 0.565. The van der Waals surface area contributed by atoms with E-state index in [0.717, 1.165) is 3.97 Å². The monoisotopic (exact) mass is 415 g/mol. The van der Waals surface area contributed by atoms with Crippen LogP contribution in [0.15, 0.2) is 53.6 Å². The summed E-state index contributed by atoms with van der Waals surface area (Å²) in [5.74, 6) is -0.535. The summed E-state index contributed by atoms with van der Waals surface area (Å²) in [7, 11) is -3.93. The van der Waals surface area contributed by atoms with Gasteiger partial charge in [-0.2, -0.15) is 0 Å². The number of carbonyl (C=O) groups excluding carboxylic acids is 1. The van der Waals surface area contributed by atoms with E-state index in [4.69, 9.17) is 9.84 Å². The molecule has 1 aromatic heterocycles. The second-order valence-electron chi connectivity index (χ2n) is 6.54. The van der Waals surface area contributed by atoms with Crippen molar-refractivity contribution in [1.82, 2.24) is 3.97 Å². The molecule has 0 fully saturated rings. The van der Waals surface area contributed by atoms with E-state index in [9.17, 15) is 18.0 Å². The Balaban J connectivity index is 2.14. The van der Waals surface area contributed by atoms with Crippen LogP contribution in [0.5, 0.6) is 5.75 Å². The Morgan fingerprint density at radius 3 is 2.38 bits per heavy atom. The van der Waals surface area contributed by atoms with E-state index in [0.29, 0.717) is 34.4 Å². The Labute approximate surface area is 168 Å². The molecule has 0 bridgehead atoms. The first-order valence-corrected chi connectivity index (χ1v) is 10.5. The van der Waals surface area contributed by atoms with E-state index in [-0.39, 0.29) is 23.5 Å². The maximum atomic E-state index is 13.2. The lowest BCUT2D eigenvalue weighted by molar-refractivity contribution is -0.136. The van der Waals surface area contributed by atoms with Crippen molar-refractivity contribution in [1.29, 1.82) is 0 Å². The van der Waals surface area contributed by atoms with E-state index in [1.54, 1.807) is 18.2 Å². The fourth-order valence-electron chi connectivity index (χ4n) is 3.12. The van der Waals surface area contributed by atoms with Crippen LogP contribution in [-0.4, -0.2) is 35.9 Å². The zero-order valence-corrected chi connectivity index (χ0v) is 16.9. The van der Waals surface area contributed by atoms with Gasteiger partial charge in [0.15, 0.2) is 5.78 Å². The van der Waals surface area contributed by atoms with Crippen molar-refractivity contribution in [2.24, 2.45) is 0 Å². The number of ether oxygens (including phenoxy) is 1. The van der Waals surface area contributed by atoms with Gasteiger partial charge in [-0.1, -0.05) is 12.1 Å². The number of aliphatic carboxylic acids is 1. The zero-order chi connectivity index (χ0) is 21.2. The lowest BCUT2D eigenvalue weighted by Gasteiger charge is -2.09. The molecule has 1 heterocycles. The van der Waals surface area contributed by atoms with Crippen molar-refractivity contribution in [2.75, 3.05) is 6.61 Å². The molecule has 0 radical (unpaired) electrons. The van der Waals surface area contributed by atoms with Gasteiger partial charge < -0.3 is 9.84 Å². The van der Waals surface area contributed by atoms with Crippen molar-refractivity contribution < 1.29 is 27.9 Å². The molecule has 7 nitrogen and oxygen atoms in total. The highest BCUT2D eigenvalue weighted by Crippen LogP contribution is 2.30. The zero-order valence-electron chi connectivity index (χ0n) is 16.1. The number of aryl methyl sites for hydroxylation is 1. The van der Waals surface area contributed by atoms with Crippen molar-refractivity contribution in [3.8, 4) is 5.75 Å². The molecule has 3 aromatic rings. The first-order chi connectivity index (χ1) is 13.7. The molecule has 0 saturated heterocycles. The number of carboxylic acid groups (broad SMARTS) is 1. The molecule has 0 spiro atoms. The van der Waals surface area contributed by atoms with Gasteiger partial charge in [-0.15, -0.1) is 0 Å². The Kier molecular flexibility index (Phi) is 5.74. The van der Waals surface area contributed by atoms with Crippen LogP contribution < -0.4 is 4.74 Å². The van der Waals surface area contributed by atoms with Crippen molar-refractivity contribution in [2.45, 2.75) is 31.6 Å². The number of ketones is 1. The Morgan fingerprint density at radius 1 is 1.10 bits per heavy atom. The fraction of sp³-hybridized carbons (Fsp3) is 0.238. The van der Waals surface area contributed by atoms with Gasteiger partial charge in [-0.3, -0.25) is 9.59 Å². The van der Waals surface area contributed by atoms with Crippen LogP contribution in [0, 0.1) is 0 Å². The van der Waals surface area contributed by atoms with Gasteiger partial charge in [0, 0.05) is 23.6 Å². The number of aromatic nitrogens is 1. The number of benzene rings is 2. The van der Waals surface area contributed by atoms with Crippen LogP contribution in [0.4, 0.5) is 0 Å². The maximum absolute atomic E-state index is 13.2. The summed E-state index contributed by atoms with van der Waals surface area (Å²) in [6.07, 6.45) is 1.52. The van der Waals surface area contributed by atoms with Crippen LogP contribution in [0.3, 0.4) is 0 Å². The molecule has 0 saturated carbocycles. The minimum Gasteiger partial charge on any atom is -0.494 e. The normalized spacial score (nSPS) is 11.5. The fourth-order valence-corrected chi connectivity index (χ4v) is 4.51. The number of hydrogen-bond donors (Lipinski definition) is 1. The highest BCUT2D eigenvalue weighted by Gasteiger charge is 2.22. The standard InChI is InChI=1S/C21H21NO6S/c1-3-28-17-7-10-20-19(12-17)16(6-11-21(24)25)13-22(20)29(26,27)18-8-4-15(5-9-18)14(2)23/h4-5,7-10,12-13H,3,6,11H2,1-2H3,(H,24,25). The number of hydrogen-bond acceptors (Lipinski definition) is 5. The van der Waals surface area contributed by atoms with E-state index in [2.05, 4.69) is 0 Å². The summed E-state index contributed by atoms with van der Waals surface area (Å²) in [4.78, 5) is 22.5. The van der Waals surface area contributed by atoms with Crippen LogP contribution >= 0.6 is 0 Å². The lowest BCUT2D eigenvalue weighted by atomic mass is 10.1. The average molecular weight is 415 g/mol. The molecule has 0 atom stereocenters. The number of nitrogens with zero attached hydrogens (tertiary/aromatic N) is 1. The second-order valence-corrected chi connectivity index (χ2v) is 8.36. The van der Waals surface area contributed by atoms with Crippen molar-refractivity contribution in [3.63, 3.8) is 0 Å². The number of Topliss-reactive ketones (excluding diaryl/α,β-unsaturated/α-hetero) is 1. The summed E-state index contributed by atoms with van der Waals surface area (Å²) in [6, 6.07) is 10.8. The van der Waals surface area contributed by atoms with E-state index < -0.39 is 16.0 Å². The first kappa shape index (κ1) is 20.6. The third kappa shape index (κ3) is 4.17. The minimum atomic E-state index is -3.93. The van der Waals surface area contributed by atoms with Gasteiger partial charge in [0.25, 0.3) is 10.0 Å². The van der Waals surface area contributed by atoms with Gasteiger partial charge in [-0.05, 0) is 56.2 Å². The summed E-state index contributed by atoms with van der Waals surface area (Å²) in [5, 5.41) is 9.65. The van der Waals surface area contributed by atoms with Crippen LogP contribution in [0.25, 0.3) is 10.9 Å². The van der Waals surface area contributed by atoms with E-state index in [1.807, 2.05) is 6.92 Å². The molecule has 0 aliphatic rings.